The number of ketones is 1. The highest BCUT2D eigenvalue weighted by Crippen LogP contribution is 2.44. The Morgan fingerprint density at radius 1 is 1.24 bits per heavy atom. The van der Waals surface area contributed by atoms with Crippen molar-refractivity contribution in [1.82, 2.24) is 0 Å². The van der Waals surface area contributed by atoms with Crippen LogP contribution in [0.4, 0.5) is 13.2 Å². The van der Waals surface area contributed by atoms with Crippen molar-refractivity contribution in [2.45, 2.75) is 6.18 Å². The summed E-state index contributed by atoms with van der Waals surface area (Å²) in [5, 5.41) is 1.60. The molecule has 1 aliphatic heterocycles. The average molecular weight is 296 g/mol. The zero-order valence-electron chi connectivity index (χ0n) is 8.41. The Morgan fingerprint density at radius 2 is 1.88 bits per heavy atom. The summed E-state index contributed by atoms with van der Waals surface area (Å²) >= 11 is 3.25. The molecule has 0 spiro atoms. The molecule has 0 radical (unpaired) electrons. The lowest BCUT2D eigenvalue weighted by Crippen LogP contribution is -2.20. The van der Waals surface area contributed by atoms with E-state index >= 15 is 0 Å². The van der Waals surface area contributed by atoms with Crippen LogP contribution in [0.15, 0.2) is 27.3 Å². The minimum atomic E-state index is -4.58. The van der Waals surface area contributed by atoms with E-state index in [1.807, 2.05) is 0 Å². The zero-order chi connectivity index (χ0) is 12.5. The molecule has 0 aromatic carbocycles. The van der Waals surface area contributed by atoms with Crippen molar-refractivity contribution in [1.29, 1.82) is 0 Å². The molecule has 1 aliphatic rings. The van der Waals surface area contributed by atoms with E-state index in [2.05, 4.69) is 0 Å². The molecule has 0 atom stereocenters. The number of allylic oxidation sites excluding steroid dienone is 1. The molecule has 0 saturated carbocycles. The molecule has 0 unspecified atom stereocenters. The number of carbonyl (C=O) groups excluding carboxylic acids is 1. The quantitative estimate of drug-likeness (QED) is 0.602. The summed E-state index contributed by atoms with van der Waals surface area (Å²) in [4.78, 5) is 12.0. The van der Waals surface area contributed by atoms with E-state index in [1.54, 1.807) is 11.4 Å². The molecule has 0 aliphatic carbocycles. The molecular formula is C10H7F3OS3. The van der Waals surface area contributed by atoms with Crippen LogP contribution in [0.3, 0.4) is 0 Å². The minimum Gasteiger partial charge on any atom is -0.288 e. The maximum absolute atomic E-state index is 12.9. The molecule has 2 heterocycles. The second-order valence-corrected chi connectivity index (χ2v) is 6.58. The van der Waals surface area contributed by atoms with Crippen molar-refractivity contribution in [3.05, 3.63) is 32.2 Å². The fourth-order valence-electron chi connectivity index (χ4n) is 1.32. The Balaban J connectivity index is 2.42. The Morgan fingerprint density at radius 3 is 2.35 bits per heavy atom. The fraction of sp³-hybridized carbons (Fsp3) is 0.300. The molecular weight excluding hydrogens is 289 g/mol. The first kappa shape index (κ1) is 13.0. The Kier molecular flexibility index (Phi) is 3.89. The number of halogens is 3. The smallest absolute Gasteiger partial charge is 0.288 e. The van der Waals surface area contributed by atoms with Gasteiger partial charge in [-0.15, -0.1) is 34.9 Å². The molecule has 1 fully saturated rings. The van der Waals surface area contributed by atoms with Crippen LogP contribution >= 0.6 is 34.9 Å². The predicted molar refractivity (Wildman–Crippen MR) is 66.6 cm³/mol. The SMILES string of the molecule is O=C(C(=C1SCCS1)C(F)(F)F)c1cccs1. The van der Waals surface area contributed by atoms with E-state index in [9.17, 15) is 18.0 Å². The highest BCUT2D eigenvalue weighted by Gasteiger charge is 2.42. The summed E-state index contributed by atoms with van der Waals surface area (Å²) in [7, 11) is 0. The number of rotatable bonds is 2. The van der Waals surface area contributed by atoms with Crippen molar-refractivity contribution in [3.63, 3.8) is 0 Å². The maximum atomic E-state index is 12.9. The van der Waals surface area contributed by atoms with E-state index in [0.29, 0.717) is 11.5 Å². The molecule has 7 heteroatoms. The van der Waals surface area contributed by atoms with Gasteiger partial charge in [0.1, 0.15) is 5.57 Å². The van der Waals surface area contributed by atoms with Crippen molar-refractivity contribution in [2.24, 2.45) is 0 Å². The van der Waals surface area contributed by atoms with Gasteiger partial charge in [0, 0.05) is 11.5 Å². The minimum absolute atomic E-state index is 0.107. The van der Waals surface area contributed by atoms with Gasteiger partial charge in [-0.05, 0) is 11.4 Å². The van der Waals surface area contributed by atoms with Gasteiger partial charge in [0.15, 0.2) is 0 Å². The number of hydrogen-bond donors (Lipinski definition) is 0. The molecule has 92 valence electrons. The molecule has 1 nitrogen and oxygen atoms in total. The second-order valence-electron chi connectivity index (χ2n) is 3.16. The predicted octanol–water partition coefficient (Wildman–Crippen LogP) is 4.18. The number of hydrogen-bond acceptors (Lipinski definition) is 4. The number of Topliss-reactive ketones (excluding diaryl/α,β-unsaturated/α-hetero) is 1. The van der Waals surface area contributed by atoms with Crippen LogP contribution in [0.1, 0.15) is 9.67 Å². The summed E-state index contributed by atoms with van der Waals surface area (Å²) in [6.07, 6.45) is -4.58. The second kappa shape index (κ2) is 5.07. The van der Waals surface area contributed by atoms with E-state index in [0.717, 1.165) is 34.9 Å². The van der Waals surface area contributed by atoms with Gasteiger partial charge in [-0.1, -0.05) is 6.07 Å². The van der Waals surface area contributed by atoms with Gasteiger partial charge in [-0.3, -0.25) is 4.79 Å². The van der Waals surface area contributed by atoms with Crippen molar-refractivity contribution >= 4 is 40.6 Å². The van der Waals surface area contributed by atoms with Crippen molar-refractivity contribution in [2.75, 3.05) is 11.5 Å². The fourth-order valence-corrected chi connectivity index (χ4v) is 4.57. The Bertz CT molecular complexity index is 440. The first-order valence-electron chi connectivity index (χ1n) is 4.65. The van der Waals surface area contributed by atoms with Gasteiger partial charge in [0.2, 0.25) is 5.78 Å². The lowest BCUT2D eigenvalue weighted by Gasteiger charge is -2.12. The third kappa shape index (κ3) is 2.89. The van der Waals surface area contributed by atoms with Crippen LogP contribution < -0.4 is 0 Å². The summed E-state index contributed by atoms with van der Waals surface area (Å²) in [5.74, 6) is 0.332. The molecule has 0 amide bonds. The Labute approximate surface area is 108 Å². The van der Waals surface area contributed by atoms with Crippen LogP contribution in [0.2, 0.25) is 0 Å². The van der Waals surface area contributed by atoms with Gasteiger partial charge in [0.25, 0.3) is 0 Å². The molecule has 1 saturated heterocycles. The molecule has 1 aromatic heterocycles. The summed E-state index contributed by atoms with van der Waals surface area (Å²) < 4.78 is 38.8. The molecule has 2 rings (SSSR count). The first-order chi connectivity index (χ1) is 8.00. The number of carbonyl (C=O) groups is 1. The monoisotopic (exact) mass is 296 g/mol. The van der Waals surface area contributed by atoms with Crippen LogP contribution in [-0.4, -0.2) is 23.5 Å². The van der Waals surface area contributed by atoms with E-state index in [-0.39, 0.29) is 9.11 Å². The topological polar surface area (TPSA) is 17.1 Å². The lowest BCUT2D eigenvalue weighted by atomic mass is 10.1. The number of thioether (sulfide) groups is 2. The van der Waals surface area contributed by atoms with Crippen LogP contribution in [0, 0.1) is 0 Å². The maximum Gasteiger partial charge on any atom is 0.421 e. The molecule has 0 bridgehead atoms. The number of alkyl halides is 3. The third-order valence-corrected chi connectivity index (χ3v) is 5.59. The normalized spacial score (nSPS) is 16.3. The van der Waals surface area contributed by atoms with E-state index in [4.69, 9.17) is 0 Å². The van der Waals surface area contributed by atoms with Gasteiger partial charge in [0.05, 0.1) is 9.11 Å². The van der Waals surface area contributed by atoms with Crippen LogP contribution in [0.5, 0.6) is 0 Å². The Hall–Kier alpha value is -0.400. The number of thiophene rings is 1. The standard InChI is InChI=1S/C10H7F3OS3/c11-10(12,13)7(9-16-4-5-17-9)8(14)6-2-1-3-15-6/h1-3H,4-5H2. The van der Waals surface area contributed by atoms with Crippen LogP contribution in [0.25, 0.3) is 0 Å². The van der Waals surface area contributed by atoms with Gasteiger partial charge in [-0.25, -0.2) is 0 Å². The molecule has 1 aromatic rings. The highest BCUT2D eigenvalue weighted by atomic mass is 32.2. The highest BCUT2D eigenvalue weighted by molar-refractivity contribution is 8.25. The third-order valence-electron chi connectivity index (χ3n) is 2.01. The first-order valence-corrected chi connectivity index (χ1v) is 7.50. The van der Waals surface area contributed by atoms with E-state index in [1.165, 1.54) is 6.07 Å². The van der Waals surface area contributed by atoms with E-state index < -0.39 is 17.5 Å². The van der Waals surface area contributed by atoms with Crippen molar-refractivity contribution < 1.29 is 18.0 Å². The molecule has 17 heavy (non-hydrogen) atoms. The van der Waals surface area contributed by atoms with Gasteiger partial charge >= 0.3 is 6.18 Å². The summed E-state index contributed by atoms with van der Waals surface area (Å²) in [6.45, 7) is 0. The zero-order valence-corrected chi connectivity index (χ0v) is 10.9. The van der Waals surface area contributed by atoms with Crippen molar-refractivity contribution in [3.8, 4) is 0 Å². The average Bonchev–Trinajstić information content (AvgIpc) is 2.87. The molecule has 0 N–H and O–H groups in total. The van der Waals surface area contributed by atoms with Gasteiger partial charge < -0.3 is 0 Å². The summed E-state index contributed by atoms with van der Waals surface area (Å²) in [6, 6.07) is 3.00. The lowest BCUT2D eigenvalue weighted by molar-refractivity contribution is -0.0886. The van der Waals surface area contributed by atoms with Crippen LogP contribution in [-0.2, 0) is 0 Å². The summed E-state index contributed by atoms with van der Waals surface area (Å²) in [5.41, 5.74) is -1.01. The van der Waals surface area contributed by atoms with Gasteiger partial charge in [-0.2, -0.15) is 13.2 Å². The largest absolute Gasteiger partial charge is 0.421 e.